The fourth-order valence-corrected chi connectivity index (χ4v) is 2.26. The van der Waals surface area contributed by atoms with Gasteiger partial charge in [0.15, 0.2) is 10.3 Å². The summed E-state index contributed by atoms with van der Waals surface area (Å²) >= 11 is 7.26. The van der Waals surface area contributed by atoms with Crippen LogP contribution < -0.4 is 0 Å². The van der Waals surface area contributed by atoms with Crippen LogP contribution in [-0.2, 0) is 0 Å². The first kappa shape index (κ1) is 12.3. The number of nitrogens with zero attached hydrogens (tertiary/aromatic N) is 4. The predicted molar refractivity (Wildman–Crippen MR) is 67.4 cm³/mol. The van der Waals surface area contributed by atoms with E-state index in [9.17, 15) is 0 Å². The highest BCUT2D eigenvalue weighted by Crippen LogP contribution is 2.28. The molecule has 0 saturated heterocycles. The van der Waals surface area contributed by atoms with Gasteiger partial charge in [-0.3, -0.25) is 0 Å². The summed E-state index contributed by atoms with van der Waals surface area (Å²) in [5.74, 6) is 0. The number of halogens is 1. The van der Waals surface area contributed by atoms with Crippen LogP contribution in [0, 0.1) is 20.8 Å². The van der Waals surface area contributed by atoms with Crippen LogP contribution in [0.4, 0.5) is 0 Å². The van der Waals surface area contributed by atoms with E-state index in [0.717, 1.165) is 17.0 Å². The summed E-state index contributed by atoms with van der Waals surface area (Å²) in [5, 5.41) is 1.64. The first-order valence-electron chi connectivity index (χ1n) is 5.04. The molecule has 4 nitrogen and oxygen atoms in total. The molecule has 0 atom stereocenters. The molecule has 2 aromatic rings. The van der Waals surface area contributed by atoms with Crippen molar-refractivity contribution in [3.8, 4) is 0 Å². The zero-order valence-corrected chi connectivity index (χ0v) is 11.3. The molecular weight excluding hydrogens is 256 g/mol. The highest BCUT2D eigenvalue weighted by atomic mass is 35.5. The third kappa shape index (κ3) is 2.73. The molecule has 0 aromatic carbocycles. The van der Waals surface area contributed by atoms with Gasteiger partial charge < -0.3 is 0 Å². The molecule has 2 heterocycles. The molecular formula is C11H11ClN4S. The van der Waals surface area contributed by atoms with Gasteiger partial charge in [0.05, 0.1) is 0 Å². The minimum absolute atomic E-state index is 0.372. The Morgan fingerprint density at radius 3 is 2.18 bits per heavy atom. The Morgan fingerprint density at radius 2 is 1.59 bits per heavy atom. The van der Waals surface area contributed by atoms with Crippen molar-refractivity contribution in [2.24, 2.45) is 0 Å². The smallest absolute Gasteiger partial charge is 0.194 e. The topological polar surface area (TPSA) is 51.6 Å². The Bertz CT molecular complexity index is 536. The molecule has 0 fully saturated rings. The lowest BCUT2D eigenvalue weighted by atomic mass is 10.2. The van der Waals surface area contributed by atoms with Gasteiger partial charge >= 0.3 is 0 Å². The molecule has 0 spiro atoms. The Kier molecular flexibility index (Phi) is 3.59. The van der Waals surface area contributed by atoms with Crippen LogP contribution in [0.15, 0.2) is 22.6 Å². The van der Waals surface area contributed by atoms with E-state index in [1.807, 2.05) is 20.8 Å². The molecule has 6 heteroatoms. The molecule has 2 aromatic heterocycles. The van der Waals surface area contributed by atoms with Gasteiger partial charge in [-0.15, -0.1) is 0 Å². The van der Waals surface area contributed by atoms with Crippen LogP contribution in [0.5, 0.6) is 0 Å². The van der Waals surface area contributed by atoms with Crippen LogP contribution in [0.25, 0.3) is 0 Å². The average molecular weight is 267 g/mol. The maximum absolute atomic E-state index is 5.93. The highest BCUT2D eigenvalue weighted by molar-refractivity contribution is 7.99. The zero-order valence-electron chi connectivity index (χ0n) is 9.73. The standard InChI is InChI=1S/C11H11ClN4S/c1-6-7(2)15-11(16-8(6)3)17-10-9(12)13-4-5-14-10/h4-5H,1-3H3. The van der Waals surface area contributed by atoms with E-state index >= 15 is 0 Å². The number of hydrogen-bond acceptors (Lipinski definition) is 5. The summed E-state index contributed by atoms with van der Waals surface area (Å²) in [4.78, 5) is 16.9. The molecule has 0 unspecified atom stereocenters. The third-order valence-electron chi connectivity index (χ3n) is 2.42. The number of aromatic nitrogens is 4. The lowest BCUT2D eigenvalue weighted by Crippen LogP contribution is -1.98. The molecule has 88 valence electrons. The van der Waals surface area contributed by atoms with Crippen molar-refractivity contribution >= 4 is 23.4 Å². The lowest BCUT2D eigenvalue weighted by molar-refractivity contribution is 0.877. The molecule has 17 heavy (non-hydrogen) atoms. The van der Waals surface area contributed by atoms with E-state index in [1.54, 1.807) is 12.4 Å². The summed E-state index contributed by atoms with van der Waals surface area (Å²) in [6, 6.07) is 0. The average Bonchev–Trinajstić information content (AvgIpc) is 2.29. The zero-order chi connectivity index (χ0) is 12.4. The molecule has 0 saturated carbocycles. The van der Waals surface area contributed by atoms with E-state index in [0.29, 0.717) is 15.3 Å². The summed E-state index contributed by atoms with van der Waals surface area (Å²) in [6.45, 7) is 5.94. The first-order valence-corrected chi connectivity index (χ1v) is 6.23. The van der Waals surface area contributed by atoms with Gasteiger partial charge in [-0.25, -0.2) is 19.9 Å². The van der Waals surface area contributed by atoms with Gasteiger partial charge in [0, 0.05) is 23.8 Å². The van der Waals surface area contributed by atoms with Crippen molar-refractivity contribution in [2.45, 2.75) is 31.0 Å². The van der Waals surface area contributed by atoms with Crippen LogP contribution in [-0.4, -0.2) is 19.9 Å². The fourth-order valence-electron chi connectivity index (χ4n) is 1.25. The van der Waals surface area contributed by atoms with Crippen LogP contribution in [0.3, 0.4) is 0 Å². The monoisotopic (exact) mass is 266 g/mol. The summed E-state index contributed by atoms with van der Waals surface area (Å²) in [7, 11) is 0. The second-order valence-electron chi connectivity index (χ2n) is 3.56. The predicted octanol–water partition coefficient (Wildman–Crippen LogP) is 3.00. The molecule has 0 bridgehead atoms. The largest absolute Gasteiger partial charge is 0.245 e. The molecule has 0 aliphatic heterocycles. The molecule has 0 amide bonds. The van der Waals surface area contributed by atoms with Crippen LogP contribution >= 0.6 is 23.4 Å². The maximum Gasteiger partial charge on any atom is 0.194 e. The second kappa shape index (κ2) is 4.98. The van der Waals surface area contributed by atoms with Crippen molar-refractivity contribution in [2.75, 3.05) is 0 Å². The summed E-state index contributed by atoms with van der Waals surface area (Å²) in [6.07, 6.45) is 3.15. The van der Waals surface area contributed by atoms with E-state index < -0.39 is 0 Å². The van der Waals surface area contributed by atoms with E-state index in [4.69, 9.17) is 11.6 Å². The molecule has 2 rings (SSSR count). The van der Waals surface area contributed by atoms with Crippen molar-refractivity contribution in [3.63, 3.8) is 0 Å². The van der Waals surface area contributed by atoms with Crippen molar-refractivity contribution in [1.82, 2.24) is 19.9 Å². The van der Waals surface area contributed by atoms with E-state index in [2.05, 4.69) is 19.9 Å². The SMILES string of the molecule is Cc1nc(Sc2nccnc2Cl)nc(C)c1C. The Morgan fingerprint density at radius 1 is 1.00 bits per heavy atom. The minimum Gasteiger partial charge on any atom is -0.245 e. The fraction of sp³-hybridized carbons (Fsp3) is 0.273. The van der Waals surface area contributed by atoms with Crippen molar-refractivity contribution < 1.29 is 0 Å². The molecule has 0 radical (unpaired) electrons. The van der Waals surface area contributed by atoms with Gasteiger partial charge in [0.1, 0.15) is 5.03 Å². The number of aryl methyl sites for hydroxylation is 2. The maximum atomic E-state index is 5.93. The van der Waals surface area contributed by atoms with Crippen molar-refractivity contribution in [3.05, 3.63) is 34.5 Å². The Hall–Kier alpha value is -1.20. The third-order valence-corrected chi connectivity index (χ3v) is 3.67. The first-order chi connectivity index (χ1) is 8.08. The van der Waals surface area contributed by atoms with Crippen LogP contribution in [0.1, 0.15) is 17.0 Å². The van der Waals surface area contributed by atoms with Gasteiger partial charge in [0.25, 0.3) is 0 Å². The number of hydrogen-bond donors (Lipinski definition) is 0. The van der Waals surface area contributed by atoms with Crippen LogP contribution in [0.2, 0.25) is 5.15 Å². The second-order valence-corrected chi connectivity index (χ2v) is 4.87. The molecule has 0 aliphatic rings. The molecule has 0 aliphatic carbocycles. The normalized spacial score (nSPS) is 10.6. The Labute approximate surface area is 109 Å². The quantitative estimate of drug-likeness (QED) is 0.782. The highest BCUT2D eigenvalue weighted by Gasteiger charge is 2.09. The van der Waals surface area contributed by atoms with Gasteiger partial charge in [-0.1, -0.05) is 11.6 Å². The lowest BCUT2D eigenvalue weighted by Gasteiger charge is -2.06. The molecule has 0 N–H and O–H groups in total. The Balaban J connectivity index is 2.34. The van der Waals surface area contributed by atoms with E-state index in [-0.39, 0.29) is 0 Å². The summed E-state index contributed by atoms with van der Waals surface area (Å²) in [5.41, 5.74) is 3.06. The van der Waals surface area contributed by atoms with E-state index in [1.165, 1.54) is 11.8 Å². The van der Waals surface area contributed by atoms with Gasteiger partial charge in [0.2, 0.25) is 0 Å². The van der Waals surface area contributed by atoms with Gasteiger partial charge in [-0.2, -0.15) is 0 Å². The van der Waals surface area contributed by atoms with Crippen molar-refractivity contribution in [1.29, 1.82) is 0 Å². The minimum atomic E-state index is 0.372. The number of rotatable bonds is 2. The summed E-state index contributed by atoms with van der Waals surface area (Å²) < 4.78 is 0. The van der Waals surface area contributed by atoms with Gasteiger partial charge in [-0.05, 0) is 38.1 Å².